The standard InChI is InChI=1S/C8H19N3O2/c1-3-12-6-7-13-5-4-11(2)8(9)10/h3-7H2,1-2H3,(H3,9,10). The number of hydrogen-bond donors (Lipinski definition) is 2. The number of rotatable bonds is 7. The minimum Gasteiger partial charge on any atom is -0.379 e. The van der Waals surface area contributed by atoms with Gasteiger partial charge in [-0.15, -0.1) is 0 Å². The van der Waals surface area contributed by atoms with Crippen LogP contribution in [0.25, 0.3) is 0 Å². The van der Waals surface area contributed by atoms with Crippen molar-refractivity contribution in [3.05, 3.63) is 0 Å². The zero-order valence-corrected chi connectivity index (χ0v) is 8.38. The molecule has 0 saturated heterocycles. The number of nitrogens with one attached hydrogen (secondary N) is 1. The Balaban J connectivity index is 3.11. The number of guanidine groups is 1. The maximum absolute atomic E-state index is 7.07. The Morgan fingerprint density at radius 1 is 1.31 bits per heavy atom. The molecule has 3 N–H and O–H groups in total. The lowest BCUT2D eigenvalue weighted by atomic mass is 10.6. The predicted molar refractivity (Wildman–Crippen MR) is 51.9 cm³/mol. The molecule has 0 bridgehead atoms. The van der Waals surface area contributed by atoms with Gasteiger partial charge in [-0.2, -0.15) is 0 Å². The molecule has 0 spiro atoms. The zero-order chi connectivity index (χ0) is 10.1. The van der Waals surface area contributed by atoms with Crippen LogP contribution in [0.4, 0.5) is 0 Å². The first-order valence-electron chi connectivity index (χ1n) is 4.39. The van der Waals surface area contributed by atoms with Gasteiger partial charge in [0.1, 0.15) is 0 Å². The summed E-state index contributed by atoms with van der Waals surface area (Å²) in [5.74, 6) is 0.0633. The van der Waals surface area contributed by atoms with Crippen LogP contribution in [-0.2, 0) is 9.47 Å². The van der Waals surface area contributed by atoms with Crippen LogP contribution in [0.5, 0.6) is 0 Å². The van der Waals surface area contributed by atoms with E-state index in [0.29, 0.717) is 26.4 Å². The van der Waals surface area contributed by atoms with Gasteiger partial charge in [-0.25, -0.2) is 0 Å². The van der Waals surface area contributed by atoms with Gasteiger partial charge in [0.05, 0.1) is 19.8 Å². The maximum Gasteiger partial charge on any atom is 0.188 e. The molecule has 0 aliphatic carbocycles. The lowest BCUT2D eigenvalue weighted by Gasteiger charge is -2.16. The van der Waals surface area contributed by atoms with Crippen LogP contribution in [0.15, 0.2) is 0 Å². The second-order valence-corrected chi connectivity index (χ2v) is 2.62. The van der Waals surface area contributed by atoms with E-state index in [2.05, 4.69) is 0 Å². The fourth-order valence-electron chi connectivity index (χ4n) is 0.686. The Hall–Kier alpha value is -0.810. The molecule has 0 rings (SSSR count). The Labute approximate surface area is 79.3 Å². The Morgan fingerprint density at radius 2 is 1.92 bits per heavy atom. The van der Waals surface area contributed by atoms with E-state index < -0.39 is 0 Å². The number of ether oxygens (including phenoxy) is 2. The normalized spacial score (nSPS) is 10.0. The van der Waals surface area contributed by atoms with Crippen LogP contribution in [0.1, 0.15) is 6.92 Å². The van der Waals surface area contributed by atoms with Gasteiger partial charge in [0.25, 0.3) is 0 Å². The fourth-order valence-corrected chi connectivity index (χ4v) is 0.686. The predicted octanol–water partition coefficient (Wildman–Crippen LogP) is -0.135. The first-order valence-corrected chi connectivity index (χ1v) is 4.39. The van der Waals surface area contributed by atoms with Gasteiger partial charge in [0.15, 0.2) is 5.96 Å². The average molecular weight is 189 g/mol. The molecule has 0 aromatic rings. The molecule has 5 nitrogen and oxygen atoms in total. The van der Waals surface area contributed by atoms with E-state index >= 15 is 0 Å². The van der Waals surface area contributed by atoms with E-state index in [1.807, 2.05) is 6.92 Å². The van der Waals surface area contributed by atoms with Gasteiger partial charge in [-0.05, 0) is 6.92 Å². The number of nitrogens with zero attached hydrogens (tertiary/aromatic N) is 1. The number of nitrogens with two attached hydrogens (primary N) is 1. The van der Waals surface area contributed by atoms with E-state index in [9.17, 15) is 0 Å². The second kappa shape index (κ2) is 7.82. The molecule has 13 heavy (non-hydrogen) atoms. The Kier molecular flexibility index (Phi) is 7.33. The van der Waals surface area contributed by atoms with Crippen molar-refractivity contribution in [2.45, 2.75) is 6.92 Å². The van der Waals surface area contributed by atoms with Crippen molar-refractivity contribution in [2.24, 2.45) is 5.73 Å². The molecule has 0 fully saturated rings. The van der Waals surface area contributed by atoms with Crippen molar-refractivity contribution < 1.29 is 9.47 Å². The average Bonchev–Trinajstić information content (AvgIpc) is 2.10. The van der Waals surface area contributed by atoms with Crippen LogP contribution in [-0.4, -0.2) is 50.9 Å². The van der Waals surface area contributed by atoms with Crippen LogP contribution in [0.2, 0.25) is 0 Å². The minimum atomic E-state index is 0.0633. The Morgan fingerprint density at radius 3 is 2.46 bits per heavy atom. The third kappa shape index (κ3) is 7.55. The van der Waals surface area contributed by atoms with Crippen LogP contribution in [0.3, 0.4) is 0 Å². The largest absolute Gasteiger partial charge is 0.379 e. The summed E-state index contributed by atoms with van der Waals surface area (Å²) in [7, 11) is 1.76. The monoisotopic (exact) mass is 189 g/mol. The number of hydrogen-bond acceptors (Lipinski definition) is 3. The van der Waals surface area contributed by atoms with Crippen molar-refractivity contribution in [3.8, 4) is 0 Å². The molecule has 0 unspecified atom stereocenters. The maximum atomic E-state index is 7.07. The van der Waals surface area contributed by atoms with Gasteiger partial charge in [0.2, 0.25) is 0 Å². The molecule has 0 amide bonds. The summed E-state index contributed by atoms with van der Waals surface area (Å²) in [5, 5.41) is 7.07. The lowest BCUT2D eigenvalue weighted by molar-refractivity contribution is 0.0497. The third-order valence-electron chi connectivity index (χ3n) is 1.56. The summed E-state index contributed by atoms with van der Waals surface area (Å²) in [6.45, 7) is 5.10. The van der Waals surface area contributed by atoms with Gasteiger partial charge in [0, 0.05) is 20.2 Å². The molecule has 0 aromatic carbocycles. The highest BCUT2D eigenvalue weighted by molar-refractivity contribution is 5.74. The molecule has 0 aromatic heterocycles. The highest BCUT2D eigenvalue weighted by Crippen LogP contribution is 1.82. The van der Waals surface area contributed by atoms with Gasteiger partial charge < -0.3 is 20.1 Å². The summed E-state index contributed by atoms with van der Waals surface area (Å²) < 4.78 is 10.3. The quantitative estimate of drug-likeness (QED) is 0.332. The SMILES string of the molecule is CCOCCOCCN(C)C(=N)N. The highest BCUT2D eigenvalue weighted by atomic mass is 16.5. The van der Waals surface area contributed by atoms with Crippen LogP contribution >= 0.6 is 0 Å². The highest BCUT2D eigenvalue weighted by Gasteiger charge is 1.97. The van der Waals surface area contributed by atoms with Crippen molar-refractivity contribution in [2.75, 3.05) is 40.0 Å². The number of likely N-dealkylation sites (N-methyl/N-ethyl adjacent to an activating group) is 1. The summed E-state index contributed by atoms with van der Waals surface area (Å²) in [4.78, 5) is 1.63. The van der Waals surface area contributed by atoms with Crippen LogP contribution < -0.4 is 5.73 Å². The fraction of sp³-hybridized carbons (Fsp3) is 0.875. The third-order valence-corrected chi connectivity index (χ3v) is 1.56. The Bertz CT molecular complexity index is 141. The molecule has 0 saturated carbocycles. The smallest absolute Gasteiger partial charge is 0.188 e. The molecular weight excluding hydrogens is 170 g/mol. The van der Waals surface area contributed by atoms with E-state index in [-0.39, 0.29) is 5.96 Å². The van der Waals surface area contributed by atoms with Gasteiger partial charge in [-0.3, -0.25) is 5.41 Å². The van der Waals surface area contributed by atoms with E-state index in [1.165, 1.54) is 0 Å². The topological polar surface area (TPSA) is 71.6 Å². The van der Waals surface area contributed by atoms with Gasteiger partial charge in [-0.1, -0.05) is 0 Å². The molecule has 78 valence electrons. The zero-order valence-electron chi connectivity index (χ0n) is 8.38. The van der Waals surface area contributed by atoms with E-state index in [0.717, 1.165) is 6.61 Å². The summed E-state index contributed by atoms with van der Waals surface area (Å²) in [5.41, 5.74) is 5.23. The van der Waals surface area contributed by atoms with Crippen molar-refractivity contribution in [1.82, 2.24) is 4.90 Å². The van der Waals surface area contributed by atoms with Crippen LogP contribution in [0, 0.1) is 5.41 Å². The van der Waals surface area contributed by atoms with E-state index in [4.69, 9.17) is 20.6 Å². The second-order valence-electron chi connectivity index (χ2n) is 2.62. The molecular formula is C8H19N3O2. The molecule has 0 atom stereocenters. The molecule has 0 radical (unpaired) electrons. The molecule has 0 aliphatic rings. The lowest BCUT2D eigenvalue weighted by Crippen LogP contribution is -2.35. The van der Waals surface area contributed by atoms with E-state index in [1.54, 1.807) is 11.9 Å². The first kappa shape index (κ1) is 12.2. The van der Waals surface area contributed by atoms with Gasteiger partial charge >= 0.3 is 0 Å². The van der Waals surface area contributed by atoms with Crippen molar-refractivity contribution >= 4 is 5.96 Å². The molecule has 0 aliphatic heterocycles. The molecule has 5 heteroatoms. The summed E-state index contributed by atoms with van der Waals surface area (Å²) in [6, 6.07) is 0. The van der Waals surface area contributed by atoms with Crippen molar-refractivity contribution in [1.29, 1.82) is 5.41 Å². The first-order chi connectivity index (χ1) is 6.18. The minimum absolute atomic E-state index is 0.0633. The van der Waals surface area contributed by atoms with Crippen molar-refractivity contribution in [3.63, 3.8) is 0 Å². The summed E-state index contributed by atoms with van der Waals surface area (Å²) in [6.07, 6.45) is 0. The summed E-state index contributed by atoms with van der Waals surface area (Å²) >= 11 is 0. The molecule has 0 heterocycles.